The SMILES string of the molecule is C1CCC(P(C2CCCCC2)N2CCCCC2)CC1.C1CCC(P(C2CCCCC2)N2CCCCC2)CC1.[Cl][Pd][Cl]. The quantitative estimate of drug-likeness (QED) is 0.198. The van der Waals surface area contributed by atoms with E-state index < -0.39 is 0 Å². The molecule has 0 aromatic carbocycles. The van der Waals surface area contributed by atoms with Gasteiger partial charge in [-0.1, -0.05) is 89.9 Å². The molecule has 0 aromatic heterocycles. The van der Waals surface area contributed by atoms with Crippen LogP contribution in [0.5, 0.6) is 0 Å². The third kappa shape index (κ3) is 12.3. The van der Waals surface area contributed by atoms with Gasteiger partial charge in [0.05, 0.1) is 0 Å². The molecule has 0 radical (unpaired) electrons. The number of nitrogens with zero attached hydrogens (tertiary/aromatic N) is 2. The Labute approximate surface area is 274 Å². The summed E-state index contributed by atoms with van der Waals surface area (Å²) in [4.78, 5) is 0. The van der Waals surface area contributed by atoms with E-state index in [4.69, 9.17) is 19.1 Å². The third-order valence-electron chi connectivity index (χ3n) is 11.1. The molecule has 0 amide bonds. The van der Waals surface area contributed by atoms with E-state index in [-0.39, 0.29) is 32.1 Å². The van der Waals surface area contributed by atoms with Crippen molar-refractivity contribution in [1.82, 2.24) is 9.34 Å². The fraction of sp³-hybridized carbons (Fsp3) is 1.00. The second-order valence-corrected chi connectivity index (χ2v) is 21.9. The zero-order valence-electron chi connectivity index (χ0n) is 26.4. The van der Waals surface area contributed by atoms with Crippen molar-refractivity contribution in [1.29, 1.82) is 0 Å². The summed E-state index contributed by atoms with van der Waals surface area (Å²) in [5, 5.41) is 0. The van der Waals surface area contributed by atoms with Crippen molar-refractivity contribution in [2.24, 2.45) is 0 Å². The van der Waals surface area contributed by atoms with E-state index in [0.29, 0.717) is 0 Å². The molecule has 0 aromatic rings. The predicted octanol–water partition coefficient (Wildman–Crippen LogP) is 12.4. The first kappa shape index (κ1) is 35.9. The average Bonchev–Trinajstić information content (AvgIpc) is 3.05. The molecule has 41 heavy (non-hydrogen) atoms. The van der Waals surface area contributed by atoms with Gasteiger partial charge in [-0.25, -0.2) is 0 Å². The zero-order valence-corrected chi connectivity index (χ0v) is 31.2. The molecule has 0 unspecified atom stereocenters. The van der Waals surface area contributed by atoms with Gasteiger partial charge in [-0.15, -0.1) is 0 Å². The van der Waals surface area contributed by atoms with E-state index in [1.807, 2.05) is 0 Å². The van der Waals surface area contributed by atoms with Crippen molar-refractivity contribution in [3.05, 3.63) is 0 Å². The van der Waals surface area contributed by atoms with Crippen LogP contribution in [0.3, 0.4) is 0 Å². The van der Waals surface area contributed by atoms with Crippen LogP contribution >= 0.6 is 35.2 Å². The van der Waals surface area contributed by atoms with Crippen LogP contribution < -0.4 is 0 Å². The Morgan fingerprint density at radius 3 is 0.756 bits per heavy atom. The summed E-state index contributed by atoms with van der Waals surface area (Å²) >= 11 is -0.106. The van der Waals surface area contributed by atoms with Gasteiger partial charge in [-0.3, -0.25) is 9.34 Å². The van der Waals surface area contributed by atoms with Crippen LogP contribution in [0.1, 0.15) is 167 Å². The molecule has 2 heterocycles. The first-order valence-corrected chi connectivity index (χ1v) is 25.1. The van der Waals surface area contributed by atoms with E-state index in [9.17, 15) is 0 Å². The van der Waals surface area contributed by atoms with E-state index >= 15 is 0 Å². The van der Waals surface area contributed by atoms with Crippen molar-refractivity contribution in [2.45, 2.75) is 190 Å². The van der Waals surface area contributed by atoms with E-state index in [2.05, 4.69) is 9.34 Å². The van der Waals surface area contributed by atoms with Gasteiger partial charge in [0.2, 0.25) is 0 Å². The van der Waals surface area contributed by atoms with Gasteiger partial charge < -0.3 is 0 Å². The van der Waals surface area contributed by atoms with Gasteiger partial charge in [0.25, 0.3) is 0 Å². The first-order chi connectivity index (χ1) is 20.3. The molecule has 4 aliphatic carbocycles. The summed E-state index contributed by atoms with van der Waals surface area (Å²) in [7, 11) is 10.1. The molecule has 0 N–H and O–H groups in total. The van der Waals surface area contributed by atoms with Crippen molar-refractivity contribution < 1.29 is 15.9 Å². The third-order valence-corrected chi connectivity index (χ3v) is 18.3. The van der Waals surface area contributed by atoms with Gasteiger partial charge in [0, 0.05) is 26.2 Å². The fourth-order valence-electron chi connectivity index (χ4n) is 9.12. The van der Waals surface area contributed by atoms with E-state index in [1.54, 1.807) is 51.4 Å². The number of hydrogen-bond acceptors (Lipinski definition) is 2. The Balaban J connectivity index is 0.000000173. The Kier molecular flexibility index (Phi) is 19.0. The Bertz CT molecular complexity index is 501. The molecule has 0 atom stereocenters. The monoisotopic (exact) mass is 738 g/mol. The summed E-state index contributed by atoms with van der Waals surface area (Å²) < 4.78 is 6.01. The summed E-state index contributed by atoms with van der Waals surface area (Å²) in [6.45, 7) is 5.77. The van der Waals surface area contributed by atoms with Crippen LogP contribution in [0.25, 0.3) is 0 Å². The normalized spacial score (nSPS) is 27.3. The van der Waals surface area contributed by atoms with Crippen molar-refractivity contribution >= 4 is 35.2 Å². The van der Waals surface area contributed by atoms with Gasteiger partial charge in [0.1, 0.15) is 0 Å². The number of piperidine rings is 2. The van der Waals surface area contributed by atoms with Crippen LogP contribution in [0, 0.1) is 0 Å². The second kappa shape index (κ2) is 21.7. The molecule has 6 fully saturated rings. The average molecular weight is 740 g/mol. The minimum absolute atomic E-state index is 0.106. The molecule has 0 bridgehead atoms. The summed E-state index contributed by atoms with van der Waals surface area (Å²) in [6, 6.07) is 0. The maximum absolute atomic E-state index is 4.81. The number of halogens is 2. The molecule has 2 nitrogen and oxygen atoms in total. The van der Waals surface area contributed by atoms with Gasteiger partial charge in [-0.05, 0) is 116 Å². The first-order valence-electron chi connectivity index (χ1n) is 18.2. The number of rotatable bonds is 6. The molecule has 7 heteroatoms. The molecule has 2 saturated heterocycles. The molecule has 244 valence electrons. The van der Waals surface area contributed by atoms with Crippen LogP contribution in [0.4, 0.5) is 0 Å². The predicted molar refractivity (Wildman–Crippen MR) is 184 cm³/mol. The Morgan fingerprint density at radius 1 is 0.341 bits per heavy atom. The fourth-order valence-corrected chi connectivity index (χ4v) is 17.2. The van der Waals surface area contributed by atoms with Crippen LogP contribution in [-0.4, -0.2) is 58.2 Å². The molecular formula is C34H64Cl2N2P2Pd. The van der Waals surface area contributed by atoms with E-state index in [1.165, 1.54) is 142 Å². The zero-order chi connectivity index (χ0) is 28.5. The Morgan fingerprint density at radius 2 is 0.537 bits per heavy atom. The molecule has 2 aliphatic heterocycles. The summed E-state index contributed by atoms with van der Waals surface area (Å²) in [5.41, 5.74) is 4.46. The van der Waals surface area contributed by atoms with Gasteiger partial charge in [0.15, 0.2) is 0 Å². The molecule has 6 rings (SSSR count). The standard InChI is InChI=1S/2C17H32NP.2ClH.Pd/c2*1-4-10-16(11-5-1)19(17-12-6-2-7-13-17)18-14-8-3-9-15-18;;;/h2*16-17H,1-15H2;2*1H;/q;;;;+2/p-2. The second-order valence-electron chi connectivity index (χ2n) is 14.0. The molecule has 6 aliphatic rings. The Hall–Kier alpha value is 2.02. The maximum atomic E-state index is 4.81. The summed E-state index contributed by atoms with van der Waals surface area (Å²) in [6.07, 6.45) is 39.8. The van der Waals surface area contributed by atoms with Crippen LogP contribution in [-0.2, 0) is 15.9 Å². The molecule has 0 spiro atoms. The van der Waals surface area contributed by atoms with E-state index in [0.717, 1.165) is 22.6 Å². The topological polar surface area (TPSA) is 6.48 Å². The van der Waals surface area contributed by atoms with Gasteiger partial charge >= 0.3 is 35.0 Å². The van der Waals surface area contributed by atoms with Crippen LogP contribution in [0.15, 0.2) is 0 Å². The van der Waals surface area contributed by atoms with Crippen molar-refractivity contribution in [3.63, 3.8) is 0 Å². The number of hydrogen-bond donors (Lipinski definition) is 0. The minimum atomic E-state index is -0.106. The van der Waals surface area contributed by atoms with Crippen molar-refractivity contribution in [2.75, 3.05) is 26.2 Å². The van der Waals surface area contributed by atoms with Gasteiger partial charge in [-0.2, -0.15) is 0 Å². The summed E-state index contributed by atoms with van der Waals surface area (Å²) in [5.74, 6) is 0. The van der Waals surface area contributed by atoms with Crippen molar-refractivity contribution in [3.8, 4) is 0 Å². The molecular weight excluding hydrogens is 676 g/mol. The van der Waals surface area contributed by atoms with Crippen LogP contribution in [0.2, 0.25) is 0 Å². The molecule has 4 saturated carbocycles.